The van der Waals surface area contributed by atoms with Crippen molar-refractivity contribution in [3.05, 3.63) is 59.4 Å². The number of hydrogen-bond donors (Lipinski definition) is 2. The Labute approximate surface area is 177 Å². The minimum Gasteiger partial charge on any atom is -0.488 e. The lowest BCUT2D eigenvalue weighted by atomic mass is 10.1. The normalized spacial score (nSPS) is 16.8. The molecule has 7 nitrogen and oxygen atoms in total. The predicted molar refractivity (Wildman–Crippen MR) is 119 cm³/mol. The average Bonchev–Trinajstić information content (AvgIpc) is 3.37. The van der Waals surface area contributed by atoms with E-state index in [0.29, 0.717) is 19.7 Å². The van der Waals surface area contributed by atoms with Gasteiger partial charge in [-0.15, -0.1) is 0 Å². The maximum absolute atomic E-state index is 6.19. The molecule has 0 radical (unpaired) electrons. The Morgan fingerprint density at radius 1 is 1.23 bits per heavy atom. The Balaban J connectivity index is 1.39. The third-order valence-corrected chi connectivity index (χ3v) is 5.37. The number of aryl methyl sites for hydroxylation is 2. The summed E-state index contributed by atoms with van der Waals surface area (Å²) in [4.78, 5) is 9.05. The Bertz CT molecular complexity index is 1040. The lowest BCUT2D eigenvalue weighted by Crippen LogP contribution is -2.37. The van der Waals surface area contributed by atoms with Gasteiger partial charge in [-0.25, -0.2) is 4.98 Å². The summed E-state index contributed by atoms with van der Waals surface area (Å²) in [6.45, 7) is 4.70. The van der Waals surface area contributed by atoms with Crippen molar-refractivity contribution in [1.82, 2.24) is 20.2 Å². The number of imidazole rings is 1. The van der Waals surface area contributed by atoms with Gasteiger partial charge >= 0.3 is 0 Å². The van der Waals surface area contributed by atoms with Crippen LogP contribution in [0.4, 0.5) is 0 Å². The number of aliphatic imine (C=N–C) groups is 1. The van der Waals surface area contributed by atoms with Crippen molar-refractivity contribution >= 4 is 17.0 Å². The molecule has 3 aromatic rings. The molecule has 2 heterocycles. The molecule has 7 heteroatoms. The van der Waals surface area contributed by atoms with Crippen molar-refractivity contribution in [3.8, 4) is 5.75 Å². The van der Waals surface area contributed by atoms with Crippen LogP contribution in [0.3, 0.4) is 0 Å². The second-order valence-corrected chi connectivity index (χ2v) is 7.57. The van der Waals surface area contributed by atoms with Gasteiger partial charge in [-0.05, 0) is 30.7 Å². The molecule has 1 aromatic heterocycles. The van der Waals surface area contributed by atoms with E-state index in [9.17, 15) is 0 Å². The molecule has 158 valence electrons. The molecule has 1 atom stereocenters. The Morgan fingerprint density at radius 3 is 2.83 bits per heavy atom. The zero-order valence-electron chi connectivity index (χ0n) is 17.8. The van der Waals surface area contributed by atoms with Crippen LogP contribution in [0.1, 0.15) is 23.4 Å². The van der Waals surface area contributed by atoms with Crippen LogP contribution in [0.25, 0.3) is 11.0 Å². The number of fused-ring (bicyclic) bond motifs is 1. The largest absolute Gasteiger partial charge is 0.488 e. The zero-order valence-corrected chi connectivity index (χ0v) is 17.8. The molecule has 1 unspecified atom stereocenters. The molecule has 1 fully saturated rings. The van der Waals surface area contributed by atoms with E-state index in [1.54, 1.807) is 7.05 Å². The number of guanidine groups is 1. The number of benzene rings is 2. The van der Waals surface area contributed by atoms with Crippen LogP contribution in [0.2, 0.25) is 0 Å². The Kier molecular flexibility index (Phi) is 6.18. The maximum atomic E-state index is 6.19. The smallest absolute Gasteiger partial charge is 0.191 e. The molecule has 0 saturated carbocycles. The van der Waals surface area contributed by atoms with Crippen molar-refractivity contribution < 1.29 is 9.47 Å². The van der Waals surface area contributed by atoms with Crippen molar-refractivity contribution in [1.29, 1.82) is 0 Å². The molecular formula is C23H29N5O2. The SMILES string of the molecule is CN=C(NCc1ccc(C)cc1OC1CCOC1)NCc1nc2ccccc2n1C. The van der Waals surface area contributed by atoms with Crippen LogP contribution in [-0.4, -0.2) is 41.9 Å². The first-order valence-electron chi connectivity index (χ1n) is 10.3. The molecule has 0 spiro atoms. The van der Waals surface area contributed by atoms with Crippen molar-refractivity contribution in [3.63, 3.8) is 0 Å². The second-order valence-electron chi connectivity index (χ2n) is 7.57. The molecule has 1 aliphatic rings. The first-order chi connectivity index (χ1) is 14.6. The average molecular weight is 408 g/mol. The van der Waals surface area contributed by atoms with Crippen molar-refractivity contribution in [2.75, 3.05) is 20.3 Å². The van der Waals surface area contributed by atoms with Crippen molar-refractivity contribution in [2.45, 2.75) is 32.5 Å². The standard InChI is InChI=1S/C23H29N5O2/c1-16-8-9-17(21(12-16)30-18-10-11-29-15-18)13-25-23(24-2)26-14-22-27-19-6-4-5-7-20(19)28(22)3/h4-9,12,18H,10-11,13-15H2,1-3H3,(H2,24,25,26). The summed E-state index contributed by atoms with van der Waals surface area (Å²) in [5.74, 6) is 2.58. The Morgan fingerprint density at radius 2 is 2.07 bits per heavy atom. The van der Waals surface area contributed by atoms with E-state index >= 15 is 0 Å². The fourth-order valence-corrected chi connectivity index (χ4v) is 3.62. The molecule has 1 saturated heterocycles. The fourth-order valence-electron chi connectivity index (χ4n) is 3.62. The minimum absolute atomic E-state index is 0.125. The number of rotatable bonds is 6. The first kappa shape index (κ1) is 20.2. The fraction of sp³-hybridized carbons (Fsp3) is 0.391. The highest BCUT2D eigenvalue weighted by atomic mass is 16.5. The molecule has 30 heavy (non-hydrogen) atoms. The van der Waals surface area contributed by atoms with E-state index in [2.05, 4.69) is 51.4 Å². The minimum atomic E-state index is 0.125. The van der Waals surface area contributed by atoms with Crippen LogP contribution in [0.15, 0.2) is 47.5 Å². The topological polar surface area (TPSA) is 72.7 Å². The number of aromatic nitrogens is 2. The summed E-state index contributed by atoms with van der Waals surface area (Å²) in [7, 11) is 3.80. The van der Waals surface area contributed by atoms with Gasteiger partial charge in [0, 0.05) is 32.6 Å². The van der Waals surface area contributed by atoms with Gasteiger partial charge in [0.2, 0.25) is 0 Å². The third kappa shape index (κ3) is 4.57. The zero-order chi connectivity index (χ0) is 20.9. The molecule has 0 bridgehead atoms. The second kappa shape index (κ2) is 9.17. The van der Waals surface area contributed by atoms with Crippen LogP contribution in [0, 0.1) is 6.92 Å². The van der Waals surface area contributed by atoms with Gasteiger partial charge < -0.3 is 24.7 Å². The van der Waals surface area contributed by atoms with Crippen LogP contribution in [0.5, 0.6) is 5.75 Å². The first-order valence-corrected chi connectivity index (χ1v) is 10.3. The lowest BCUT2D eigenvalue weighted by Gasteiger charge is -2.18. The highest BCUT2D eigenvalue weighted by Gasteiger charge is 2.19. The van der Waals surface area contributed by atoms with Crippen molar-refractivity contribution in [2.24, 2.45) is 12.0 Å². The van der Waals surface area contributed by atoms with Gasteiger partial charge in [0.05, 0.1) is 30.8 Å². The summed E-state index contributed by atoms with van der Waals surface area (Å²) < 4.78 is 13.7. The number of para-hydroxylation sites is 2. The van der Waals surface area contributed by atoms with E-state index in [1.165, 1.54) is 5.56 Å². The van der Waals surface area contributed by atoms with Crippen LogP contribution in [-0.2, 0) is 24.9 Å². The summed E-state index contributed by atoms with van der Waals surface area (Å²) in [6, 6.07) is 14.4. The van der Waals surface area contributed by atoms with Gasteiger partial charge in [-0.3, -0.25) is 4.99 Å². The van der Waals surface area contributed by atoms with Gasteiger partial charge in [0.25, 0.3) is 0 Å². The molecule has 0 amide bonds. The van der Waals surface area contributed by atoms with Crippen LogP contribution < -0.4 is 15.4 Å². The van der Waals surface area contributed by atoms with E-state index in [1.807, 2.05) is 25.2 Å². The molecule has 1 aliphatic heterocycles. The number of hydrogen-bond acceptors (Lipinski definition) is 4. The maximum Gasteiger partial charge on any atom is 0.191 e. The summed E-state index contributed by atoms with van der Waals surface area (Å²) in [5, 5.41) is 6.74. The van der Waals surface area contributed by atoms with Gasteiger partial charge in [-0.2, -0.15) is 0 Å². The highest BCUT2D eigenvalue weighted by Crippen LogP contribution is 2.23. The molecule has 4 rings (SSSR count). The third-order valence-electron chi connectivity index (χ3n) is 5.37. The van der Waals surface area contributed by atoms with Gasteiger partial charge in [0.1, 0.15) is 17.7 Å². The van der Waals surface area contributed by atoms with E-state index in [4.69, 9.17) is 14.5 Å². The predicted octanol–water partition coefficient (Wildman–Crippen LogP) is 2.91. The van der Waals surface area contributed by atoms with Gasteiger partial charge in [0.15, 0.2) is 5.96 Å². The quantitative estimate of drug-likeness (QED) is 0.486. The molecule has 0 aliphatic carbocycles. The van der Waals surface area contributed by atoms with E-state index in [-0.39, 0.29) is 6.10 Å². The summed E-state index contributed by atoms with van der Waals surface area (Å²) in [5.41, 5.74) is 4.39. The van der Waals surface area contributed by atoms with E-state index in [0.717, 1.165) is 47.2 Å². The monoisotopic (exact) mass is 407 g/mol. The molecule has 2 aromatic carbocycles. The van der Waals surface area contributed by atoms with Gasteiger partial charge in [-0.1, -0.05) is 24.3 Å². The Hall–Kier alpha value is -3.06. The number of nitrogens with one attached hydrogen (secondary N) is 2. The summed E-state index contributed by atoms with van der Waals surface area (Å²) >= 11 is 0. The molecule has 2 N–H and O–H groups in total. The van der Waals surface area contributed by atoms with E-state index < -0.39 is 0 Å². The number of nitrogens with zero attached hydrogens (tertiary/aromatic N) is 3. The summed E-state index contributed by atoms with van der Waals surface area (Å²) in [6.07, 6.45) is 1.06. The lowest BCUT2D eigenvalue weighted by molar-refractivity contribution is 0.140. The number of ether oxygens (including phenoxy) is 2. The molecular weight excluding hydrogens is 378 g/mol. The highest BCUT2D eigenvalue weighted by molar-refractivity contribution is 5.80. The van der Waals surface area contributed by atoms with Crippen LogP contribution >= 0.6 is 0 Å².